The third-order valence-electron chi connectivity index (χ3n) is 6.03. The molecule has 176 valence electrons. The molecule has 1 N–H and O–H groups in total. The van der Waals surface area contributed by atoms with Gasteiger partial charge >= 0.3 is 6.09 Å². The van der Waals surface area contributed by atoms with Crippen molar-refractivity contribution >= 4 is 38.7 Å². The molecule has 0 radical (unpaired) electrons. The lowest BCUT2D eigenvalue weighted by molar-refractivity contribution is 0.115. The van der Waals surface area contributed by atoms with Crippen molar-refractivity contribution in [3.05, 3.63) is 41.6 Å². The number of hydrogen-bond donors (Lipinski definition) is 1. The number of aryl methyl sites for hydroxylation is 1. The number of hydrogen-bond acceptors (Lipinski definition) is 7. The van der Waals surface area contributed by atoms with E-state index in [4.69, 9.17) is 14.5 Å². The van der Waals surface area contributed by atoms with Gasteiger partial charge in [0.2, 0.25) is 5.88 Å². The predicted octanol–water partition coefficient (Wildman–Crippen LogP) is 5.31. The Morgan fingerprint density at radius 2 is 2.15 bits per heavy atom. The van der Waals surface area contributed by atoms with Gasteiger partial charge in [-0.2, -0.15) is 0 Å². The summed E-state index contributed by atoms with van der Waals surface area (Å²) in [7, 11) is 1.58. The van der Waals surface area contributed by atoms with Crippen LogP contribution in [0, 0.1) is 6.92 Å². The number of methoxy groups -OCH3 is 1. The zero-order valence-electron chi connectivity index (χ0n) is 19.4. The molecule has 0 bridgehead atoms. The number of carbonyl (C=O) groups is 1. The molecule has 1 aliphatic rings. The van der Waals surface area contributed by atoms with E-state index in [2.05, 4.69) is 23.0 Å². The quantitative estimate of drug-likeness (QED) is 0.384. The molecule has 1 unspecified atom stereocenters. The Labute approximate surface area is 201 Å². The van der Waals surface area contributed by atoms with Gasteiger partial charge in [0.1, 0.15) is 16.9 Å². The molecule has 1 atom stereocenters. The van der Waals surface area contributed by atoms with Crippen LogP contribution in [0.15, 0.2) is 30.5 Å². The number of fused-ring (bicyclic) bond motifs is 4. The Bertz CT molecular complexity index is 1390. The molecule has 8 nitrogen and oxygen atoms in total. The highest BCUT2D eigenvalue weighted by Gasteiger charge is 2.29. The first-order chi connectivity index (χ1) is 16.5. The van der Waals surface area contributed by atoms with Gasteiger partial charge in [-0.25, -0.2) is 19.7 Å². The monoisotopic (exact) mass is 478 g/mol. The SMILES string of the molecule is CCCCN(CC1Cc2c(ccc3nc(-c4cc(C)cc5nc(OC)cnc45)sc23)O1)C(=O)O. The van der Waals surface area contributed by atoms with Gasteiger partial charge in [0, 0.05) is 24.1 Å². The van der Waals surface area contributed by atoms with E-state index in [0.29, 0.717) is 25.4 Å². The highest BCUT2D eigenvalue weighted by atomic mass is 32.1. The average Bonchev–Trinajstić information content (AvgIpc) is 3.44. The van der Waals surface area contributed by atoms with Gasteiger partial charge in [0.15, 0.2) is 0 Å². The molecule has 0 fully saturated rings. The maximum Gasteiger partial charge on any atom is 0.407 e. The molecule has 34 heavy (non-hydrogen) atoms. The number of rotatable bonds is 7. The van der Waals surface area contributed by atoms with E-state index in [1.165, 1.54) is 4.90 Å². The van der Waals surface area contributed by atoms with E-state index < -0.39 is 6.09 Å². The Morgan fingerprint density at radius 1 is 1.29 bits per heavy atom. The molecule has 2 aromatic carbocycles. The van der Waals surface area contributed by atoms with Crippen molar-refractivity contribution < 1.29 is 19.4 Å². The number of carboxylic acid groups (broad SMARTS) is 1. The number of unbranched alkanes of at least 4 members (excludes halogenated alkanes) is 1. The number of benzene rings is 2. The number of amides is 1. The molecule has 3 heterocycles. The highest BCUT2D eigenvalue weighted by Crippen LogP contribution is 2.41. The van der Waals surface area contributed by atoms with Crippen molar-refractivity contribution in [2.45, 2.75) is 39.2 Å². The van der Waals surface area contributed by atoms with Crippen LogP contribution in [0.4, 0.5) is 4.79 Å². The Hall–Kier alpha value is -3.46. The van der Waals surface area contributed by atoms with Crippen LogP contribution in [-0.4, -0.2) is 57.4 Å². The Balaban J connectivity index is 1.49. The van der Waals surface area contributed by atoms with E-state index in [-0.39, 0.29) is 6.10 Å². The van der Waals surface area contributed by atoms with Crippen LogP contribution in [-0.2, 0) is 6.42 Å². The third kappa shape index (κ3) is 4.11. The normalized spacial score (nSPS) is 14.9. The minimum absolute atomic E-state index is 0.197. The van der Waals surface area contributed by atoms with E-state index in [1.807, 2.05) is 25.1 Å². The number of thiazole rings is 1. The predicted molar refractivity (Wildman–Crippen MR) is 132 cm³/mol. The summed E-state index contributed by atoms with van der Waals surface area (Å²) in [5, 5.41) is 10.4. The standard InChI is InChI=1S/C25H26N4O4S/c1-4-5-8-29(25(30)31)13-15-11-16-20(33-15)7-6-18-23(16)34-24(28-18)17-9-14(2)10-19-22(17)26-12-21(27-19)32-3/h6-7,9-10,12,15H,4-5,8,11,13H2,1-3H3,(H,30,31). The smallest absolute Gasteiger partial charge is 0.407 e. The van der Waals surface area contributed by atoms with Crippen molar-refractivity contribution in [3.8, 4) is 22.2 Å². The fourth-order valence-corrected chi connectivity index (χ4v) is 5.50. The van der Waals surface area contributed by atoms with Crippen LogP contribution >= 0.6 is 11.3 Å². The molecule has 9 heteroatoms. The minimum atomic E-state index is -0.901. The zero-order valence-corrected chi connectivity index (χ0v) is 20.2. The summed E-state index contributed by atoms with van der Waals surface area (Å²) < 4.78 is 12.5. The van der Waals surface area contributed by atoms with E-state index >= 15 is 0 Å². The van der Waals surface area contributed by atoms with Gasteiger partial charge in [0.25, 0.3) is 0 Å². The molecule has 4 aromatic rings. The van der Waals surface area contributed by atoms with Crippen LogP contribution in [0.25, 0.3) is 31.8 Å². The maximum absolute atomic E-state index is 11.7. The van der Waals surface area contributed by atoms with Gasteiger partial charge in [0.05, 0.1) is 41.1 Å². The molecular weight excluding hydrogens is 452 g/mol. The largest absolute Gasteiger partial charge is 0.488 e. The fourth-order valence-electron chi connectivity index (χ4n) is 4.37. The second-order valence-electron chi connectivity index (χ2n) is 8.53. The van der Waals surface area contributed by atoms with Crippen molar-refractivity contribution in [1.82, 2.24) is 19.9 Å². The minimum Gasteiger partial charge on any atom is -0.488 e. The second-order valence-corrected chi connectivity index (χ2v) is 9.53. The van der Waals surface area contributed by atoms with Crippen LogP contribution in [0.5, 0.6) is 11.6 Å². The average molecular weight is 479 g/mol. The summed E-state index contributed by atoms with van der Waals surface area (Å²) in [6.45, 7) is 4.96. The van der Waals surface area contributed by atoms with Gasteiger partial charge in [-0.15, -0.1) is 11.3 Å². The second kappa shape index (κ2) is 9.06. The molecule has 0 saturated heterocycles. The first kappa shape index (κ1) is 22.3. The van der Waals surface area contributed by atoms with E-state index in [1.54, 1.807) is 24.6 Å². The lowest BCUT2D eigenvalue weighted by Gasteiger charge is -2.22. The molecule has 5 rings (SSSR count). The first-order valence-electron chi connectivity index (χ1n) is 11.4. The fraction of sp³-hybridized carbons (Fsp3) is 0.360. The molecule has 0 spiro atoms. The molecule has 0 saturated carbocycles. The maximum atomic E-state index is 11.7. The van der Waals surface area contributed by atoms with Crippen LogP contribution in [0.3, 0.4) is 0 Å². The van der Waals surface area contributed by atoms with Gasteiger partial charge < -0.3 is 19.5 Å². The number of nitrogens with zero attached hydrogens (tertiary/aromatic N) is 4. The Morgan fingerprint density at radius 3 is 2.91 bits per heavy atom. The van der Waals surface area contributed by atoms with Crippen molar-refractivity contribution in [3.63, 3.8) is 0 Å². The summed E-state index contributed by atoms with van der Waals surface area (Å²) in [5.41, 5.74) is 5.55. The number of aromatic nitrogens is 3. The van der Waals surface area contributed by atoms with Crippen LogP contribution < -0.4 is 9.47 Å². The van der Waals surface area contributed by atoms with Gasteiger partial charge in [-0.3, -0.25) is 0 Å². The zero-order chi connectivity index (χ0) is 23.8. The molecule has 2 aromatic heterocycles. The van der Waals surface area contributed by atoms with E-state index in [9.17, 15) is 9.90 Å². The van der Waals surface area contributed by atoms with E-state index in [0.717, 1.165) is 61.5 Å². The molecule has 0 aliphatic carbocycles. The van der Waals surface area contributed by atoms with Gasteiger partial charge in [-0.1, -0.05) is 13.3 Å². The third-order valence-corrected chi connectivity index (χ3v) is 7.19. The molecule has 1 aliphatic heterocycles. The topological polar surface area (TPSA) is 97.7 Å². The number of ether oxygens (including phenoxy) is 2. The van der Waals surface area contributed by atoms with Crippen molar-refractivity contribution in [2.75, 3.05) is 20.2 Å². The summed E-state index contributed by atoms with van der Waals surface area (Å²) in [5.74, 6) is 1.29. The van der Waals surface area contributed by atoms with Crippen molar-refractivity contribution in [1.29, 1.82) is 0 Å². The first-order valence-corrected chi connectivity index (χ1v) is 12.2. The molecule has 1 amide bonds. The Kier molecular flexibility index (Phi) is 5.95. The lowest BCUT2D eigenvalue weighted by Crippen LogP contribution is -2.39. The van der Waals surface area contributed by atoms with Crippen LogP contribution in [0.1, 0.15) is 30.9 Å². The van der Waals surface area contributed by atoms with Gasteiger partial charge in [-0.05, 0) is 43.2 Å². The van der Waals surface area contributed by atoms with Crippen molar-refractivity contribution in [2.24, 2.45) is 0 Å². The summed E-state index contributed by atoms with van der Waals surface area (Å²) in [6, 6.07) is 7.98. The summed E-state index contributed by atoms with van der Waals surface area (Å²) in [6.07, 6.45) is 2.98. The summed E-state index contributed by atoms with van der Waals surface area (Å²) in [4.78, 5) is 27.2. The highest BCUT2D eigenvalue weighted by molar-refractivity contribution is 7.22. The van der Waals surface area contributed by atoms with Crippen LogP contribution in [0.2, 0.25) is 0 Å². The summed E-state index contributed by atoms with van der Waals surface area (Å²) >= 11 is 1.61. The molecular formula is C25H26N4O4S. The lowest BCUT2D eigenvalue weighted by atomic mass is 10.1.